The molecule has 2 nitrogen and oxygen atoms in total. The van der Waals surface area contributed by atoms with Gasteiger partial charge in [0.25, 0.3) is 0 Å². The summed E-state index contributed by atoms with van der Waals surface area (Å²) in [6.07, 6.45) is 6.24. The first-order valence-corrected chi connectivity index (χ1v) is 8.80. The molecule has 126 valence electrons. The summed E-state index contributed by atoms with van der Waals surface area (Å²) in [7, 11) is 1.76. The minimum absolute atomic E-state index is 0.0651. The summed E-state index contributed by atoms with van der Waals surface area (Å²) in [5, 5.41) is 10.5. The van der Waals surface area contributed by atoms with Gasteiger partial charge in [-0.05, 0) is 58.9 Å². The van der Waals surface area contributed by atoms with Gasteiger partial charge in [0.2, 0.25) is 0 Å². The van der Waals surface area contributed by atoms with Gasteiger partial charge in [-0.1, -0.05) is 46.8 Å². The lowest BCUT2D eigenvalue weighted by Crippen LogP contribution is -2.52. The van der Waals surface area contributed by atoms with Crippen LogP contribution in [0.15, 0.2) is 18.2 Å². The Hall–Kier alpha value is -1.28. The maximum atomic E-state index is 10.5. The predicted molar refractivity (Wildman–Crippen MR) is 96.0 cm³/mol. The van der Waals surface area contributed by atoms with Crippen molar-refractivity contribution in [3.05, 3.63) is 34.9 Å². The van der Waals surface area contributed by atoms with Crippen LogP contribution in [0.3, 0.4) is 0 Å². The number of rotatable bonds is 2. The number of aliphatic hydroxyl groups is 1. The summed E-state index contributed by atoms with van der Waals surface area (Å²) < 4.78 is 5.70. The van der Waals surface area contributed by atoms with Gasteiger partial charge >= 0.3 is 0 Å². The number of benzene rings is 1. The molecule has 0 aromatic heterocycles. The zero-order chi connectivity index (χ0) is 17.0. The van der Waals surface area contributed by atoms with Gasteiger partial charge in [0.1, 0.15) is 5.75 Å². The van der Waals surface area contributed by atoms with Crippen LogP contribution in [0.1, 0.15) is 70.1 Å². The molecule has 1 N–H and O–H groups in total. The van der Waals surface area contributed by atoms with Crippen molar-refractivity contribution in [3.8, 4) is 5.75 Å². The quantitative estimate of drug-likeness (QED) is 0.841. The van der Waals surface area contributed by atoms with Crippen LogP contribution in [0.25, 0.3) is 6.08 Å². The number of allylic oxidation sites excluding steroid dienone is 1. The van der Waals surface area contributed by atoms with E-state index in [-0.39, 0.29) is 16.9 Å². The number of ether oxygens (including phenoxy) is 1. The van der Waals surface area contributed by atoms with Crippen LogP contribution in [-0.2, 0) is 5.41 Å². The highest BCUT2D eigenvalue weighted by atomic mass is 16.5. The highest BCUT2D eigenvalue weighted by Gasteiger charge is 2.52. The molecule has 23 heavy (non-hydrogen) atoms. The molecule has 2 aliphatic carbocycles. The summed E-state index contributed by atoms with van der Waals surface area (Å²) in [4.78, 5) is 0. The van der Waals surface area contributed by atoms with Crippen LogP contribution in [0.2, 0.25) is 0 Å². The highest BCUT2D eigenvalue weighted by molar-refractivity contribution is 5.64. The summed E-state index contributed by atoms with van der Waals surface area (Å²) in [5.41, 5.74) is 3.93. The number of methoxy groups -OCH3 is 1. The molecule has 1 fully saturated rings. The van der Waals surface area contributed by atoms with Crippen LogP contribution in [-0.4, -0.2) is 18.3 Å². The fraction of sp³-hybridized carbons (Fsp3) is 0.619. The molecular formula is C21H30O2. The normalized spacial score (nSPS) is 31.7. The summed E-state index contributed by atoms with van der Waals surface area (Å²) in [6, 6.07) is 4.56. The van der Waals surface area contributed by atoms with Crippen molar-refractivity contribution in [2.75, 3.05) is 7.11 Å². The van der Waals surface area contributed by atoms with Crippen molar-refractivity contribution >= 4 is 6.08 Å². The zero-order valence-electron chi connectivity index (χ0n) is 15.3. The van der Waals surface area contributed by atoms with E-state index in [1.807, 2.05) is 0 Å². The lowest BCUT2D eigenvalue weighted by molar-refractivity contribution is -0.0482. The Kier molecular flexibility index (Phi) is 3.87. The average Bonchev–Trinajstić information content (AvgIpc) is 2.50. The van der Waals surface area contributed by atoms with Crippen LogP contribution >= 0.6 is 0 Å². The maximum absolute atomic E-state index is 10.5. The van der Waals surface area contributed by atoms with Crippen molar-refractivity contribution in [2.24, 2.45) is 11.3 Å². The van der Waals surface area contributed by atoms with Crippen LogP contribution < -0.4 is 4.74 Å². The van der Waals surface area contributed by atoms with Gasteiger partial charge in [-0.3, -0.25) is 0 Å². The Labute approximate surface area is 140 Å². The predicted octanol–water partition coefficient (Wildman–Crippen LogP) is 4.90. The molecule has 3 atom stereocenters. The number of aliphatic hydroxyl groups excluding tert-OH is 1. The van der Waals surface area contributed by atoms with Gasteiger partial charge < -0.3 is 9.84 Å². The van der Waals surface area contributed by atoms with E-state index >= 15 is 0 Å². The number of hydrogen-bond donors (Lipinski definition) is 1. The van der Waals surface area contributed by atoms with E-state index < -0.39 is 0 Å². The van der Waals surface area contributed by atoms with Crippen LogP contribution in [0.5, 0.6) is 5.75 Å². The summed E-state index contributed by atoms with van der Waals surface area (Å²) in [6.45, 7) is 11.2. The molecule has 1 aromatic rings. The van der Waals surface area contributed by atoms with Gasteiger partial charge in [0, 0.05) is 5.41 Å². The minimum atomic E-state index is -0.233. The fourth-order valence-electron chi connectivity index (χ4n) is 4.83. The molecule has 2 heteroatoms. The summed E-state index contributed by atoms with van der Waals surface area (Å²) in [5.74, 6) is 1.79. The van der Waals surface area contributed by atoms with Gasteiger partial charge in [-0.15, -0.1) is 0 Å². The number of fused-ring (bicyclic) bond motifs is 3. The number of hydrogen-bond acceptors (Lipinski definition) is 2. The topological polar surface area (TPSA) is 29.5 Å². The Balaban J connectivity index is 2.17. The van der Waals surface area contributed by atoms with Crippen molar-refractivity contribution in [2.45, 2.75) is 64.9 Å². The second kappa shape index (κ2) is 5.37. The van der Waals surface area contributed by atoms with Crippen LogP contribution in [0.4, 0.5) is 0 Å². The van der Waals surface area contributed by atoms with E-state index in [2.05, 4.69) is 58.9 Å². The SMILES string of the molecule is COc1cc2c(cc1C(C)C)C=CC1C(C)(C)[C@@H](O)CC[C@]21C. The molecule has 0 spiro atoms. The molecular weight excluding hydrogens is 284 g/mol. The van der Waals surface area contributed by atoms with Gasteiger partial charge in [0.05, 0.1) is 13.2 Å². The van der Waals surface area contributed by atoms with Gasteiger partial charge in [-0.25, -0.2) is 0 Å². The van der Waals surface area contributed by atoms with E-state index in [0.29, 0.717) is 11.8 Å². The van der Waals surface area contributed by atoms with Gasteiger partial charge in [-0.2, -0.15) is 0 Å². The monoisotopic (exact) mass is 314 g/mol. The molecule has 0 bridgehead atoms. The first-order valence-electron chi connectivity index (χ1n) is 8.80. The highest BCUT2D eigenvalue weighted by Crippen LogP contribution is 2.56. The molecule has 1 saturated carbocycles. The summed E-state index contributed by atoms with van der Waals surface area (Å²) >= 11 is 0. The van der Waals surface area contributed by atoms with E-state index in [1.165, 1.54) is 16.7 Å². The molecule has 0 heterocycles. The largest absolute Gasteiger partial charge is 0.496 e. The lowest BCUT2D eigenvalue weighted by atomic mass is 9.51. The van der Waals surface area contributed by atoms with Crippen molar-refractivity contribution in [3.63, 3.8) is 0 Å². The smallest absolute Gasteiger partial charge is 0.122 e. The molecule has 2 aliphatic rings. The first-order chi connectivity index (χ1) is 10.7. The Bertz CT molecular complexity index is 641. The second-order valence-corrected chi connectivity index (χ2v) is 8.47. The zero-order valence-corrected chi connectivity index (χ0v) is 15.3. The molecule has 1 aromatic carbocycles. The third-order valence-electron chi connectivity index (χ3n) is 6.39. The molecule has 0 amide bonds. The first kappa shape index (κ1) is 16.6. The average molecular weight is 314 g/mol. The van der Waals surface area contributed by atoms with Gasteiger partial charge in [0.15, 0.2) is 0 Å². The van der Waals surface area contributed by atoms with Crippen molar-refractivity contribution < 1.29 is 9.84 Å². The fourth-order valence-corrected chi connectivity index (χ4v) is 4.83. The van der Waals surface area contributed by atoms with Crippen molar-refractivity contribution in [1.82, 2.24) is 0 Å². The van der Waals surface area contributed by atoms with E-state index in [1.54, 1.807) is 7.11 Å². The molecule has 0 radical (unpaired) electrons. The molecule has 1 unspecified atom stereocenters. The van der Waals surface area contributed by atoms with E-state index in [9.17, 15) is 5.11 Å². The lowest BCUT2D eigenvalue weighted by Gasteiger charge is -2.54. The standard InChI is InChI=1S/C21H30O2/c1-13(2)15-11-14-7-8-18-20(3,4)19(22)9-10-21(18,5)16(14)12-17(15)23-6/h7-8,11-13,18-19,22H,9-10H2,1-6H3/t18?,19-,21+/m0/s1. The maximum Gasteiger partial charge on any atom is 0.122 e. The Morgan fingerprint density at radius 3 is 2.52 bits per heavy atom. The molecule has 0 saturated heterocycles. The van der Waals surface area contributed by atoms with Crippen LogP contribution in [0, 0.1) is 11.3 Å². The molecule has 3 rings (SSSR count). The Morgan fingerprint density at radius 2 is 1.91 bits per heavy atom. The third-order valence-corrected chi connectivity index (χ3v) is 6.39. The molecule has 0 aliphatic heterocycles. The van der Waals surface area contributed by atoms with E-state index in [0.717, 1.165) is 18.6 Å². The third kappa shape index (κ3) is 2.34. The van der Waals surface area contributed by atoms with E-state index in [4.69, 9.17) is 4.74 Å². The second-order valence-electron chi connectivity index (χ2n) is 8.47. The van der Waals surface area contributed by atoms with Crippen molar-refractivity contribution in [1.29, 1.82) is 0 Å². The Morgan fingerprint density at radius 1 is 1.22 bits per heavy atom. The minimum Gasteiger partial charge on any atom is -0.496 e.